The number of carbonyl (C=O) groups is 1. The van der Waals surface area contributed by atoms with Crippen molar-refractivity contribution in [1.82, 2.24) is 15.0 Å². The number of rotatable bonds is 6. The Morgan fingerprint density at radius 1 is 1.53 bits per heavy atom. The fourth-order valence-electron chi connectivity index (χ4n) is 2.55. The molecule has 0 spiro atoms. The standard InChI is InChI=1S/C13H21N3O3/c1-2-5-12-14-11(15-19-12)9-16-7-4-3-6-10(16)8-13(17)18/h10H,2-9H2,1H3,(H,17,18). The van der Waals surface area contributed by atoms with E-state index in [1.165, 1.54) is 0 Å². The molecule has 1 aliphatic heterocycles. The molecule has 0 aromatic carbocycles. The van der Waals surface area contributed by atoms with Crippen LogP contribution in [-0.2, 0) is 17.8 Å². The lowest BCUT2D eigenvalue weighted by molar-refractivity contribution is -0.138. The molecule has 1 aliphatic rings. The van der Waals surface area contributed by atoms with Crippen molar-refractivity contribution < 1.29 is 14.4 Å². The summed E-state index contributed by atoms with van der Waals surface area (Å²) < 4.78 is 5.16. The van der Waals surface area contributed by atoms with E-state index in [9.17, 15) is 4.79 Å². The molecule has 2 heterocycles. The van der Waals surface area contributed by atoms with Gasteiger partial charge in [-0.1, -0.05) is 18.5 Å². The lowest BCUT2D eigenvalue weighted by atomic mass is 9.99. The summed E-state index contributed by atoms with van der Waals surface area (Å²) >= 11 is 0. The van der Waals surface area contributed by atoms with Crippen LogP contribution in [-0.4, -0.2) is 38.7 Å². The molecule has 1 unspecified atom stereocenters. The first-order chi connectivity index (χ1) is 9.19. The van der Waals surface area contributed by atoms with Crippen LogP contribution in [0.4, 0.5) is 0 Å². The second kappa shape index (κ2) is 6.65. The first-order valence-corrected chi connectivity index (χ1v) is 6.96. The summed E-state index contributed by atoms with van der Waals surface area (Å²) in [5.41, 5.74) is 0. The minimum atomic E-state index is -0.739. The molecule has 1 saturated heterocycles. The Hall–Kier alpha value is -1.43. The predicted molar refractivity (Wildman–Crippen MR) is 68.6 cm³/mol. The smallest absolute Gasteiger partial charge is 0.304 e. The number of nitrogens with zero attached hydrogens (tertiary/aromatic N) is 3. The zero-order chi connectivity index (χ0) is 13.7. The Kier molecular flexibility index (Phi) is 4.90. The van der Waals surface area contributed by atoms with Crippen LogP contribution in [0.15, 0.2) is 4.52 Å². The van der Waals surface area contributed by atoms with E-state index in [1.54, 1.807) is 0 Å². The Morgan fingerprint density at radius 2 is 2.37 bits per heavy atom. The molecule has 0 saturated carbocycles. The average molecular weight is 267 g/mol. The predicted octanol–water partition coefficient (Wildman–Crippen LogP) is 1.85. The van der Waals surface area contributed by atoms with E-state index in [1.807, 2.05) is 0 Å². The van der Waals surface area contributed by atoms with Crippen LogP contribution in [0.3, 0.4) is 0 Å². The van der Waals surface area contributed by atoms with Crippen LogP contribution in [0.2, 0.25) is 0 Å². The summed E-state index contributed by atoms with van der Waals surface area (Å²) in [6.45, 7) is 3.57. The van der Waals surface area contributed by atoms with Crippen LogP contribution >= 0.6 is 0 Å². The minimum absolute atomic E-state index is 0.0966. The zero-order valence-electron chi connectivity index (χ0n) is 11.3. The maximum absolute atomic E-state index is 10.9. The molecule has 106 valence electrons. The van der Waals surface area contributed by atoms with Gasteiger partial charge in [-0.25, -0.2) is 0 Å². The van der Waals surface area contributed by atoms with Crippen LogP contribution < -0.4 is 0 Å². The summed E-state index contributed by atoms with van der Waals surface area (Å²) in [6, 6.07) is 0.0966. The highest BCUT2D eigenvalue weighted by atomic mass is 16.5. The summed E-state index contributed by atoms with van der Waals surface area (Å²) in [6.07, 6.45) is 5.11. The molecule has 0 aliphatic carbocycles. The lowest BCUT2D eigenvalue weighted by Crippen LogP contribution is -2.40. The molecular weight excluding hydrogens is 246 g/mol. The third-order valence-electron chi connectivity index (χ3n) is 3.48. The molecule has 0 amide bonds. The van der Waals surface area contributed by atoms with Crippen molar-refractivity contribution in [2.45, 2.75) is 58.0 Å². The second-order valence-electron chi connectivity index (χ2n) is 5.07. The monoisotopic (exact) mass is 267 g/mol. The van der Waals surface area contributed by atoms with E-state index in [0.717, 1.165) is 38.6 Å². The highest BCUT2D eigenvalue weighted by Gasteiger charge is 2.25. The van der Waals surface area contributed by atoms with Gasteiger partial charge in [-0.05, 0) is 25.8 Å². The van der Waals surface area contributed by atoms with Crippen LogP contribution in [0.25, 0.3) is 0 Å². The van der Waals surface area contributed by atoms with Gasteiger partial charge in [0.15, 0.2) is 5.82 Å². The second-order valence-corrected chi connectivity index (χ2v) is 5.07. The summed E-state index contributed by atoms with van der Waals surface area (Å²) in [5, 5.41) is 12.9. The number of carboxylic acids is 1. The number of hydrogen-bond donors (Lipinski definition) is 1. The molecule has 6 heteroatoms. The van der Waals surface area contributed by atoms with Gasteiger partial charge >= 0.3 is 5.97 Å². The molecule has 2 rings (SSSR count). The normalized spacial score (nSPS) is 20.6. The molecule has 1 N–H and O–H groups in total. The van der Waals surface area contributed by atoms with Crippen molar-refractivity contribution in [3.8, 4) is 0 Å². The Morgan fingerprint density at radius 3 is 3.11 bits per heavy atom. The quantitative estimate of drug-likeness (QED) is 0.847. The van der Waals surface area contributed by atoms with E-state index in [4.69, 9.17) is 9.63 Å². The van der Waals surface area contributed by atoms with Gasteiger partial charge in [0.25, 0.3) is 0 Å². The van der Waals surface area contributed by atoms with E-state index in [-0.39, 0.29) is 12.5 Å². The molecule has 0 bridgehead atoms. The summed E-state index contributed by atoms with van der Waals surface area (Å²) in [4.78, 5) is 17.4. The van der Waals surface area contributed by atoms with Crippen LogP contribution in [0, 0.1) is 0 Å². The van der Waals surface area contributed by atoms with E-state index < -0.39 is 5.97 Å². The van der Waals surface area contributed by atoms with Crippen LogP contribution in [0.1, 0.15) is 50.7 Å². The first-order valence-electron chi connectivity index (χ1n) is 6.96. The van der Waals surface area contributed by atoms with Gasteiger partial charge in [0.1, 0.15) is 0 Å². The number of likely N-dealkylation sites (tertiary alicyclic amines) is 1. The maximum atomic E-state index is 10.9. The van der Waals surface area contributed by atoms with Crippen molar-refractivity contribution in [3.05, 3.63) is 11.7 Å². The van der Waals surface area contributed by atoms with Crippen molar-refractivity contribution in [3.63, 3.8) is 0 Å². The van der Waals surface area contributed by atoms with Gasteiger partial charge in [0.05, 0.1) is 13.0 Å². The molecule has 0 radical (unpaired) electrons. The fourth-order valence-corrected chi connectivity index (χ4v) is 2.55. The molecule has 19 heavy (non-hydrogen) atoms. The third-order valence-corrected chi connectivity index (χ3v) is 3.48. The number of piperidine rings is 1. The van der Waals surface area contributed by atoms with Gasteiger partial charge in [-0.15, -0.1) is 0 Å². The van der Waals surface area contributed by atoms with Gasteiger partial charge < -0.3 is 9.63 Å². The number of carboxylic acid groups (broad SMARTS) is 1. The summed E-state index contributed by atoms with van der Waals surface area (Å²) in [5.74, 6) is 0.599. The van der Waals surface area contributed by atoms with Crippen molar-refractivity contribution >= 4 is 5.97 Å². The van der Waals surface area contributed by atoms with Gasteiger partial charge in [0.2, 0.25) is 5.89 Å². The molecule has 1 fully saturated rings. The zero-order valence-corrected chi connectivity index (χ0v) is 11.3. The van der Waals surface area contributed by atoms with Gasteiger partial charge in [-0.3, -0.25) is 9.69 Å². The molecule has 1 aromatic heterocycles. The van der Waals surface area contributed by atoms with E-state index in [2.05, 4.69) is 22.0 Å². The lowest BCUT2D eigenvalue weighted by Gasteiger charge is -2.33. The molecule has 1 aromatic rings. The first kappa shape index (κ1) is 14.0. The third kappa shape index (κ3) is 4.02. The number of aromatic nitrogens is 2. The Bertz CT molecular complexity index is 419. The minimum Gasteiger partial charge on any atom is -0.481 e. The average Bonchev–Trinajstić information content (AvgIpc) is 2.79. The fraction of sp³-hybridized carbons (Fsp3) is 0.769. The van der Waals surface area contributed by atoms with Crippen molar-refractivity contribution in [1.29, 1.82) is 0 Å². The molecule has 1 atom stereocenters. The van der Waals surface area contributed by atoms with Gasteiger partial charge in [-0.2, -0.15) is 4.98 Å². The molecule has 6 nitrogen and oxygen atoms in total. The van der Waals surface area contributed by atoms with Crippen molar-refractivity contribution in [2.75, 3.05) is 6.54 Å². The highest BCUT2D eigenvalue weighted by Crippen LogP contribution is 2.21. The van der Waals surface area contributed by atoms with E-state index in [0.29, 0.717) is 18.3 Å². The van der Waals surface area contributed by atoms with Crippen LogP contribution in [0.5, 0.6) is 0 Å². The van der Waals surface area contributed by atoms with Gasteiger partial charge in [0, 0.05) is 12.5 Å². The Labute approximate surface area is 112 Å². The highest BCUT2D eigenvalue weighted by molar-refractivity contribution is 5.67. The number of hydrogen-bond acceptors (Lipinski definition) is 5. The van der Waals surface area contributed by atoms with Crippen molar-refractivity contribution in [2.24, 2.45) is 0 Å². The summed E-state index contributed by atoms with van der Waals surface area (Å²) in [7, 11) is 0. The SMILES string of the molecule is CCCc1nc(CN2CCCCC2CC(=O)O)no1. The number of aliphatic carboxylic acids is 1. The Balaban J connectivity index is 1.95. The largest absolute Gasteiger partial charge is 0.481 e. The topological polar surface area (TPSA) is 79.5 Å². The maximum Gasteiger partial charge on any atom is 0.304 e. The number of aryl methyl sites for hydroxylation is 1. The molecular formula is C13H21N3O3. The van der Waals surface area contributed by atoms with E-state index >= 15 is 0 Å².